The second-order valence-corrected chi connectivity index (χ2v) is 13.8. The third kappa shape index (κ3) is 5.59. The lowest BCUT2D eigenvalue weighted by atomic mass is 10.3. The third-order valence-electron chi connectivity index (χ3n) is 5.11. The lowest BCUT2D eigenvalue weighted by Crippen LogP contribution is -2.13. The number of rotatable bonds is 6. The van der Waals surface area contributed by atoms with Crippen molar-refractivity contribution < 1.29 is 25.9 Å². The summed E-state index contributed by atoms with van der Waals surface area (Å²) in [5, 5.41) is 7.34. The van der Waals surface area contributed by atoms with Gasteiger partial charge in [-0.1, -0.05) is 22.4 Å². The number of fused-ring (bicyclic) bond motifs is 2. The minimum absolute atomic E-state index is 0.0303. The van der Waals surface area contributed by atoms with Gasteiger partial charge in [-0.15, -0.1) is 0 Å². The predicted molar refractivity (Wildman–Crippen MR) is 154 cm³/mol. The summed E-state index contributed by atoms with van der Waals surface area (Å²) < 4.78 is 81.1. The molecule has 0 unspecified atom stereocenters. The van der Waals surface area contributed by atoms with Crippen molar-refractivity contribution in [3.8, 4) is 0 Å². The summed E-state index contributed by atoms with van der Waals surface area (Å²) in [5.41, 5.74) is 2.83. The molecule has 0 aliphatic heterocycles. The number of hydrogen-bond acceptors (Lipinski definition) is 14. The number of sulfonamides is 2. The van der Waals surface area contributed by atoms with Crippen molar-refractivity contribution in [1.29, 1.82) is 0 Å². The van der Waals surface area contributed by atoms with Gasteiger partial charge >= 0.3 is 0 Å². The van der Waals surface area contributed by atoms with Crippen molar-refractivity contribution in [3.05, 3.63) is 56.7 Å². The largest absolute Gasteiger partial charge is 0.336 e. The molecule has 14 nitrogen and oxygen atoms in total. The average Bonchev–Trinajstić information content (AvgIpc) is 3.71. The normalized spacial score (nSPS) is 11.9. The number of anilines is 2. The van der Waals surface area contributed by atoms with Gasteiger partial charge in [-0.2, -0.15) is 17.5 Å². The zero-order chi connectivity index (χ0) is 28.7. The molecular weight excluding hydrogens is 736 g/mol. The van der Waals surface area contributed by atoms with Crippen LogP contribution in [0.1, 0.15) is 11.4 Å². The van der Waals surface area contributed by atoms with E-state index in [9.17, 15) is 16.8 Å². The fourth-order valence-electron chi connectivity index (χ4n) is 3.19. The van der Waals surface area contributed by atoms with Crippen LogP contribution in [0.3, 0.4) is 0 Å². The monoisotopic (exact) mass is 748 g/mol. The van der Waals surface area contributed by atoms with Crippen LogP contribution < -0.4 is 9.44 Å². The van der Waals surface area contributed by atoms with Crippen molar-refractivity contribution in [3.63, 3.8) is 0 Å². The molecule has 20 heteroatoms. The average molecular weight is 750 g/mol. The molecule has 4 heterocycles. The first-order valence-corrected chi connectivity index (χ1v) is 16.7. The van der Waals surface area contributed by atoms with E-state index in [0.29, 0.717) is 42.4 Å². The van der Waals surface area contributed by atoms with Crippen LogP contribution in [-0.4, -0.2) is 44.6 Å². The van der Waals surface area contributed by atoms with Gasteiger partial charge in [0.05, 0.1) is 34.8 Å². The lowest BCUT2D eigenvalue weighted by molar-refractivity contribution is 0.430. The maximum atomic E-state index is 12.4. The Balaban J connectivity index is 0.000000161. The van der Waals surface area contributed by atoms with E-state index in [1.165, 1.54) is 12.1 Å². The van der Waals surface area contributed by atoms with Crippen molar-refractivity contribution in [2.75, 3.05) is 9.44 Å². The molecule has 2 N–H and O–H groups in total. The fourth-order valence-corrected chi connectivity index (χ4v) is 7.47. The van der Waals surface area contributed by atoms with E-state index in [2.05, 4.69) is 69.1 Å². The summed E-state index contributed by atoms with van der Waals surface area (Å²) in [6.07, 6.45) is 0. The minimum atomic E-state index is -3.83. The van der Waals surface area contributed by atoms with E-state index >= 15 is 0 Å². The van der Waals surface area contributed by atoms with Gasteiger partial charge in [0.25, 0.3) is 31.8 Å². The molecule has 0 amide bonds. The topological polar surface area (TPSA) is 196 Å². The smallest absolute Gasteiger partial charge is 0.266 e. The maximum Gasteiger partial charge on any atom is 0.266 e. The van der Waals surface area contributed by atoms with Crippen LogP contribution in [0.2, 0.25) is 0 Å². The Kier molecular flexibility index (Phi) is 7.90. The van der Waals surface area contributed by atoms with E-state index in [-0.39, 0.29) is 21.6 Å². The van der Waals surface area contributed by atoms with Crippen LogP contribution >= 0.6 is 55.3 Å². The molecule has 4 aromatic heterocycles. The van der Waals surface area contributed by atoms with Crippen LogP contribution in [0.4, 0.5) is 11.8 Å². The number of nitrogens with one attached hydrogen (secondary N) is 2. The molecule has 6 rings (SSSR count). The van der Waals surface area contributed by atoms with Gasteiger partial charge < -0.3 is 9.05 Å². The SMILES string of the molecule is Cc1noc(NS(=O)(=O)c2cccc3nsnc23)c1Br.Cc1noc(NS(=O)(=O)c2cccc3nsnc23)c1Br. The highest BCUT2D eigenvalue weighted by molar-refractivity contribution is 9.11. The Morgan fingerprint density at radius 1 is 0.675 bits per heavy atom. The second-order valence-electron chi connectivity index (χ2n) is 7.81. The molecule has 0 fully saturated rings. The summed E-state index contributed by atoms with van der Waals surface area (Å²) in [7, 11) is -7.66. The number of aryl methyl sites for hydroxylation is 2. The molecular formula is C20H14Br2N8O6S4. The Morgan fingerprint density at radius 2 is 1.07 bits per heavy atom. The summed E-state index contributed by atoms with van der Waals surface area (Å²) in [4.78, 5) is 0.0920. The standard InChI is InChI=1S/2C10H7BrN4O3S2/c2*1-5-8(11)10(18-12-5)15-20(16,17)7-4-2-3-6-9(7)14-19-13-6/h2*2-4,15H,1H3. The molecule has 0 atom stereocenters. The van der Waals surface area contributed by atoms with Gasteiger partial charge in [0.1, 0.15) is 40.8 Å². The molecule has 40 heavy (non-hydrogen) atoms. The summed E-state index contributed by atoms with van der Waals surface area (Å²) in [6.45, 7) is 3.38. The quantitative estimate of drug-likeness (QED) is 0.229. The Bertz CT molecular complexity index is 1920. The maximum absolute atomic E-state index is 12.4. The number of benzene rings is 2. The molecule has 0 radical (unpaired) electrons. The number of halogens is 2. The lowest BCUT2D eigenvalue weighted by Gasteiger charge is -2.05. The Morgan fingerprint density at radius 3 is 1.43 bits per heavy atom. The van der Waals surface area contributed by atoms with Gasteiger partial charge in [0.2, 0.25) is 0 Å². The molecule has 0 bridgehead atoms. The highest BCUT2D eigenvalue weighted by Gasteiger charge is 2.24. The summed E-state index contributed by atoms with van der Waals surface area (Å²) in [6, 6.07) is 9.54. The summed E-state index contributed by atoms with van der Waals surface area (Å²) in [5.74, 6) is 0.0605. The molecule has 0 aliphatic rings. The van der Waals surface area contributed by atoms with Gasteiger partial charge in [0.15, 0.2) is 0 Å². The highest BCUT2D eigenvalue weighted by Crippen LogP contribution is 2.31. The zero-order valence-corrected chi connectivity index (χ0v) is 26.4. The van der Waals surface area contributed by atoms with E-state index in [0.717, 1.165) is 23.5 Å². The minimum Gasteiger partial charge on any atom is -0.336 e. The van der Waals surface area contributed by atoms with Crippen LogP contribution in [-0.2, 0) is 20.0 Å². The van der Waals surface area contributed by atoms with Crippen molar-refractivity contribution in [2.45, 2.75) is 23.6 Å². The van der Waals surface area contributed by atoms with Crippen LogP contribution in [0.15, 0.2) is 64.2 Å². The third-order valence-corrected chi connectivity index (χ3v) is 10.8. The van der Waals surface area contributed by atoms with E-state index in [1.54, 1.807) is 38.1 Å². The van der Waals surface area contributed by atoms with Crippen LogP contribution in [0, 0.1) is 13.8 Å². The Hall–Kier alpha value is -3.04. The molecule has 0 aliphatic carbocycles. The first-order chi connectivity index (χ1) is 19.0. The van der Waals surface area contributed by atoms with Crippen molar-refractivity contribution >= 4 is 109 Å². The zero-order valence-electron chi connectivity index (χ0n) is 20.0. The number of hydrogen-bond donors (Lipinski definition) is 2. The first-order valence-electron chi connectivity index (χ1n) is 10.7. The number of nitrogens with zero attached hydrogens (tertiary/aromatic N) is 6. The van der Waals surface area contributed by atoms with Crippen LogP contribution in [0.5, 0.6) is 0 Å². The fraction of sp³-hybridized carbons (Fsp3) is 0.100. The van der Waals surface area contributed by atoms with Crippen LogP contribution in [0.25, 0.3) is 22.1 Å². The molecule has 2 aromatic carbocycles. The van der Waals surface area contributed by atoms with Gasteiger partial charge in [-0.3, -0.25) is 0 Å². The first kappa shape index (κ1) is 28.5. The summed E-state index contributed by atoms with van der Waals surface area (Å²) >= 11 is 8.34. The van der Waals surface area contributed by atoms with E-state index in [1.807, 2.05) is 0 Å². The predicted octanol–water partition coefficient (Wildman–Crippen LogP) is 5.10. The second kappa shape index (κ2) is 11.1. The van der Waals surface area contributed by atoms with Crippen molar-refractivity contribution in [2.24, 2.45) is 0 Å². The van der Waals surface area contributed by atoms with Gasteiger partial charge in [0, 0.05) is 0 Å². The molecule has 0 saturated carbocycles. The van der Waals surface area contributed by atoms with Gasteiger partial charge in [-0.25, -0.2) is 26.3 Å². The molecule has 0 saturated heterocycles. The number of aromatic nitrogens is 6. The van der Waals surface area contributed by atoms with Gasteiger partial charge in [-0.05, 0) is 70.0 Å². The molecule has 6 aromatic rings. The highest BCUT2D eigenvalue weighted by atomic mass is 79.9. The Labute approximate surface area is 251 Å². The van der Waals surface area contributed by atoms with E-state index in [4.69, 9.17) is 9.05 Å². The van der Waals surface area contributed by atoms with E-state index < -0.39 is 20.0 Å². The molecule has 208 valence electrons. The van der Waals surface area contributed by atoms with Crippen molar-refractivity contribution in [1.82, 2.24) is 27.8 Å². The molecule has 0 spiro atoms.